The molecule has 0 aromatic heterocycles. The summed E-state index contributed by atoms with van der Waals surface area (Å²) in [5.74, 6) is 0. The molecule has 1 aromatic rings. The van der Waals surface area contributed by atoms with Crippen LogP contribution in [0.5, 0.6) is 0 Å². The third-order valence-electron chi connectivity index (χ3n) is 1.73. The predicted octanol–water partition coefficient (Wildman–Crippen LogP) is 2.89. The molecule has 0 amide bonds. The van der Waals surface area contributed by atoms with Gasteiger partial charge in [-0.05, 0) is 24.6 Å². The van der Waals surface area contributed by atoms with Crippen molar-refractivity contribution in [2.24, 2.45) is 5.73 Å². The number of hydrogen-bond donors (Lipinski definition) is 1. The van der Waals surface area contributed by atoms with Crippen LogP contribution in [-0.4, -0.2) is 6.54 Å². The van der Waals surface area contributed by atoms with E-state index in [0.29, 0.717) is 17.4 Å². The first-order chi connectivity index (χ1) is 6.15. The van der Waals surface area contributed by atoms with Gasteiger partial charge in [-0.3, -0.25) is 0 Å². The van der Waals surface area contributed by atoms with Crippen molar-refractivity contribution in [2.45, 2.75) is 12.8 Å². The van der Waals surface area contributed by atoms with Gasteiger partial charge in [0.1, 0.15) is 0 Å². The third-order valence-corrected chi connectivity index (χ3v) is 2.42. The number of hydrogen-bond acceptors (Lipinski definition) is 1. The van der Waals surface area contributed by atoms with E-state index in [0.717, 1.165) is 5.56 Å². The minimum absolute atomic E-state index is 0.0285. The number of benzene rings is 1. The van der Waals surface area contributed by atoms with E-state index in [1.807, 2.05) is 0 Å². The van der Waals surface area contributed by atoms with Gasteiger partial charge >= 0.3 is 0 Å². The summed E-state index contributed by atoms with van der Waals surface area (Å²) < 4.78 is 25.0. The molecule has 1 aromatic carbocycles. The number of rotatable bonds is 3. The lowest BCUT2D eigenvalue weighted by molar-refractivity contribution is 0.150. The van der Waals surface area contributed by atoms with E-state index in [-0.39, 0.29) is 5.56 Å². The van der Waals surface area contributed by atoms with Crippen LogP contribution in [-0.2, 0) is 6.42 Å². The number of nitrogens with two attached hydrogens (primary N) is 1. The minimum Gasteiger partial charge on any atom is -0.330 e. The van der Waals surface area contributed by atoms with Gasteiger partial charge < -0.3 is 5.73 Å². The van der Waals surface area contributed by atoms with E-state index in [1.54, 1.807) is 12.1 Å². The SMILES string of the molecule is NCCc1ccc(C(F)F)c(Br)c1. The van der Waals surface area contributed by atoms with Crippen molar-refractivity contribution in [1.82, 2.24) is 0 Å². The van der Waals surface area contributed by atoms with Gasteiger partial charge in [-0.2, -0.15) is 0 Å². The minimum atomic E-state index is -2.43. The zero-order chi connectivity index (χ0) is 9.84. The standard InChI is InChI=1S/C9H10BrF2N/c10-8-5-6(3-4-13)1-2-7(8)9(11)12/h1-2,5,9H,3-4,13H2. The summed E-state index contributed by atoms with van der Waals surface area (Å²) >= 11 is 3.10. The molecule has 0 aliphatic heterocycles. The molecule has 0 bridgehead atoms. The molecule has 0 fully saturated rings. The molecular weight excluding hydrogens is 240 g/mol. The Kier molecular flexibility index (Phi) is 3.81. The Labute approximate surface area is 84.1 Å². The summed E-state index contributed by atoms with van der Waals surface area (Å²) in [7, 11) is 0. The van der Waals surface area contributed by atoms with E-state index in [1.165, 1.54) is 6.07 Å². The molecule has 0 heterocycles. The lowest BCUT2D eigenvalue weighted by Gasteiger charge is -2.05. The van der Waals surface area contributed by atoms with Crippen LogP contribution in [0, 0.1) is 0 Å². The lowest BCUT2D eigenvalue weighted by atomic mass is 10.1. The molecule has 4 heteroatoms. The molecule has 13 heavy (non-hydrogen) atoms. The summed E-state index contributed by atoms with van der Waals surface area (Å²) in [5.41, 5.74) is 6.34. The van der Waals surface area contributed by atoms with Gasteiger partial charge in [0.2, 0.25) is 0 Å². The number of halogens is 3. The molecule has 0 radical (unpaired) electrons. The van der Waals surface area contributed by atoms with E-state index >= 15 is 0 Å². The van der Waals surface area contributed by atoms with Crippen LogP contribution in [0.1, 0.15) is 17.6 Å². The van der Waals surface area contributed by atoms with Crippen LogP contribution in [0.4, 0.5) is 8.78 Å². The highest BCUT2D eigenvalue weighted by molar-refractivity contribution is 9.10. The molecule has 0 aliphatic rings. The largest absolute Gasteiger partial charge is 0.330 e. The summed E-state index contributed by atoms with van der Waals surface area (Å²) in [4.78, 5) is 0. The molecule has 1 nitrogen and oxygen atoms in total. The normalized spacial score (nSPS) is 10.8. The Morgan fingerprint density at radius 1 is 1.38 bits per heavy atom. The molecule has 0 atom stereocenters. The maximum Gasteiger partial charge on any atom is 0.264 e. The van der Waals surface area contributed by atoms with Crippen molar-refractivity contribution in [3.05, 3.63) is 33.8 Å². The van der Waals surface area contributed by atoms with Crippen LogP contribution >= 0.6 is 15.9 Å². The molecule has 0 saturated carbocycles. The smallest absolute Gasteiger partial charge is 0.264 e. The van der Waals surface area contributed by atoms with Gasteiger partial charge in [-0.1, -0.05) is 28.1 Å². The predicted molar refractivity (Wildman–Crippen MR) is 51.9 cm³/mol. The Balaban J connectivity index is 2.92. The zero-order valence-corrected chi connectivity index (χ0v) is 8.52. The Morgan fingerprint density at radius 2 is 2.08 bits per heavy atom. The van der Waals surface area contributed by atoms with Crippen molar-refractivity contribution >= 4 is 15.9 Å². The Bertz CT molecular complexity index is 289. The van der Waals surface area contributed by atoms with Crippen LogP contribution in [0.15, 0.2) is 22.7 Å². The second kappa shape index (κ2) is 4.67. The highest BCUT2D eigenvalue weighted by Gasteiger charge is 2.10. The van der Waals surface area contributed by atoms with Crippen molar-refractivity contribution in [3.8, 4) is 0 Å². The van der Waals surface area contributed by atoms with Gasteiger partial charge in [0.05, 0.1) is 0 Å². The Morgan fingerprint density at radius 3 is 2.54 bits per heavy atom. The summed E-state index contributed by atoms with van der Waals surface area (Å²) in [6.07, 6.45) is -1.72. The van der Waals surface area contributed by atoms with Crippen LogP contribution in [0.25, 0.3) is 0 Å². The zero-order valence-electron chi connectivity index (χ0n) is 6.93. The topological polar surface area (TPSA) is 26.0 Å². The van der Waals surface area contributed by atoms with E-state index < -0.39 is 6.43 Å². The van der Waals surface area contributed by atoms with E-state index in [9.17, 15) is 8.78 Å². The molecular formula is C9H10BrF2N. The first-order valence-electron chi connectivity index (χ1n) is 3.91. The van der Waals surface area contributed by atoms with Crippen molar-refractivity contribution in [3.63, 3.8) is 0 Å². The van der Waals surface area contributed by atoms with Crippen molar-refractivity contribution in [1.29, 1.82) is 0 Å². The number of alkyl halides is 2. The molecule has 0 spiro atoms. The summed E-state index contributed by atoms with van der Waals surface area (Å²) in [5, 5.41) is 0. The van der Waals surface area contributed by atoms with E-state index in [4.69, 9.17) is 5.73 Å². The maximum absolute atomic E-state index is 12.3. The average Bonchev–Trinajstić information content (AvgIpc) is 2.04. The van der Waals surface area contributed by atoms with Gasteiger partial charge in [0.25, 0.3) is 6.43 Å². The summed E-state index contributed by atoms with van der Waals surface area (Å²) in [6, 6.07) is 4.80. The monoisotopic (exact) mass is 249 g/mol. The lowest BCUT2D eigenvalue weighted by Crippen LogP contribution is -2.02. The fraction of sp³-hybridized carbons (Fsp3) is 0.333. The Hall–Kier alpha value is -0.480. The average molecular weight is 250 g/mol. The quantitative estimate of drug-likeness (QED) is 0.876. The molecule has 0 aliphatic carbocycles. The summed E-state index contributed by atoms with van der Waals surface area (Å²) in [6.45, 7) is 0.528. The van der Waals surface area contributed by atoms with Crippen LogP contribution in [0.2, 0.25) is 0 Å². The van der Waals surface area contributed by atoms with Crippen LogP contribution in [0.3, 0.4) is 0 Å². The fourth-order valence-corrected chi connectivity index (χ4v) is 1.67. The molecule has 0 saturated heterocycles. The van der Waals surface area contributed by atoms with E-state index in [2.05, 4.69) is 15.9 Å². The molecule has 2 N–H and O–H groups in total. The molecule has 72 valence electrons. The first kappa shape index (κ1) is 10.6. The van der Waals surface area contributed by atoms with Gasteiger partial charge in [0, 0.05) is 10.0 Å². The first-order valence-corrected chi connectivity index (χ1v) is 4.71. The highest BCUT2D eigenvalue weighted by Crippen LogP contribution is 2.27. The fourth-order valence-electron chi connectivity index (χ4n) is 1.07. The second-order valence-corrected chi connectivity index (χ2v) is 3.55. The van der Waals surface area contributed by atoms with Gasteiger partial charge in [-0.25, -0.2) is 8.78 Å². The third kappa shape index (κ3) is 2.74. The molecule has 0 unspecified atom stereocenters. The van der Waals surface area contributed by atoms with Crippen molar-refractivity contribution in [2.75, 3.05) is 6.54 Å². The second-order valence-electron chi connectivity index (χ2n) is 2.70. The highest BCUT2D eigenvalue weighted by atomic mass is 79.9. The van der Waals surface area contributed by atoms with Gasteiger partial charge in [0.15, 0.2) is 0 Å². The van der Waals surface area contributed by atoms with Crippen LogP contribution < -0.4 is 5.73 Å². The maximum atomic E-state index is 12.3. The van der Waals surface area contributed by atoms with Gasteiger partial charge in [-0.15, -0.1) is 0 Å². The molecule has 1 rings (SSSR count). The van der Waals surface area contributed by atoms with Crippen molar-refractivity contribution < 1.29 is 8.78 Å².